The third-order valence-corrected chi connectivity index (χ3v) is 3.27. The fourth-order valence-corrected chi connectivity index (χ4v) is 2.09. The number of benzene rings is 1. The highest BCUT2D eigenvalue weighted by Gasteiger charge is 2.17. The third-order valence-electron chi connectivity index (χ3n) is 3.27. The average molecular weight is 294 g/mol. The van der Waals surface area contributed by atoms with Crippen molar-refractivity contribution in [2.24, 2.45) is 0 Å². The Balaban J connectivity index is 2.99. The first-order valence-electron chi connectivity index (χ1n) is 7.33. The van der Waals surface area contributed by atoms with Crippen molar-refractivity contribution in [2.75, 3.05) is 27.1 Å². The highest BCUT2D eigenvalue weighted by molar-refractivity contribution is 5.77. The van der Waals surface area contributed by atoms with Gasteiger partial charge in [0.05, 0.1) is 13.2 Å². The number of hydrogen-bond donors (Lipinski definition) is 0. The van der Waals surface area contributed by atoms with Crippen molar-refractivity contribution >= 4 is 6.29 Å². The molecule has 0 fully saturated rings. The second-order valence-electron chi connectivity index (χ2n) is 5.62. The van der Waals surface area contributed by atoms with Crippen LogP contribution in [-0.2, 0) is 9.47 Å². The van der Waals surface area contributed by atoms with Gasteiger partial charge in [0.25, 0.3) is 0 Å². The van der Waals surface area contributed by atoms with Gasteiger partial charge in [-0.2, -0.15) is 0 Å². The minimum absolute atomic E-state index is 0.184. The first kappa shape index (κ1) is 17.7. The predicted octanol–water partition coefficient (Wildman–Crippen LogP) is 3.75. The van der Waals surface area contributed by atoms with Gasteiger partial charge in [0, 0.05) is 12.7 Å². The Morgan fingerprint density at radius 3 is 2.05 bits per heavy atom. The molecule has 0 radical (unpaired) electrons. The van der Waals surface area contributed by atoms with E-state index < -0.39 is 0 Å². The monoisotopic (exact) mass is 294 g/mol. The van der Waals surface area contributed by atoms with Crippen LogP contribution in [0.15, 0.2) is 12.1 Å². The van der Waals surface area contributed by atoms with Gasteiger partial charge in [0.2, 0.25) is 0 Å². The number of hydrogen-bond acceptors (Lipinski definition) is 4. The second-order valence-corrected chi connectivity index (χ2v) is 5.62. The van der Waals surface area contributed by atoms with Gasteiger partial charge < -0.3 is 14.2 Å². The van der Waals surface area contributed by atoms with E-state index in [4.69, 9.17) is 14.2 Å². The molecular formula is C17H26O4. The van der Waals surface area contributed by atoms with E-state index in [1.807, 2.05) is 12.1 Å². The molecule has 0 aliphatic rings. The van der Waals surface area contributed by atoms with Gasteiger partial charge in [-0.3, -0.25) is 4.79 Å². The summed E-state index contributed by atoms with van der Waals surface area (Å²) in [4.78, 5) is 11.1. The Labute approximate surface area is 127 Å². The molecule has 0 atom stereocenters. The number of methoxy groups -OCH3 is 1. The smallest absolute Gasteiger partial charge is 0.189 e. The summed E-state index contributed by atoms with van der Waals surface area (Å²) in [7, 11) is 1.64. The molecule has 0 amide bonds. The topological polar surface area (TPSA) is 44.8 Å². The molecule has 0 aliphatic carbocycles. The zero-order valence-electron chi connectivity index (χ0n) is 13.6. The van der Waals surface area contributed by atoms with Gasteiger partial charge in [-0.1, -0.05) is 27.7 Å². The molecule has 4 nitrogen and oxygen atoms in total. The molecule has 0 unspecified atom stereocenters. The summed E-state index contributed by atoms with van der Waals surface area (Å²) < 4.78 is 16.2. The van der Waals surface area contributed by atoms with E-state index in [0.29, 0.717) is 18.8 Å². The Morgan fingerprint density at radius 1 is 1.05 bits per heavy atom. The van der Waals surface area contributed by atoms with Crippen LogP contribution in [-0.4, -0.2) is 33.4 Å². The molecule has 1 rings (SSSR count). The summed E-state index contributed by atoms with van der Waals surface area (Å²) >= 11 is 0. The van der Waals surface area contributed by atoms with Crippen LogP contribution in [0, 0.1) is 0 Å². The largest absolute Gasteiger partial charge is 0.467 e. The van der Waals surface area contributed by atoms with Crippen LogP contribution >= 0.6 is 0 Å². The van der Waals surface area contributed by atoms with E-state index in [1.165, 1.54) is 0 Å². The molecule has 0 N–H and O–H groups in total. The summed E-state index contributed by atoms with van der Waals surface area (Å²) in [5.41, 5.74) is 2.77. The zero-order valence-corrected chi connectivity index (χ0v) is 13.6. The summed E-state index contributed by atoms with van der Waals surface area (Å²) in [6.45, 7) is 9.58. The van der Waals surface area contributed by atoms with Crippen LogP contribution in [0.4, 0.5) is 0 Å². The lowest BCUT2D eigenvalue weighted by Crippen LogP contribution is -2.11. The number of rotatable bonds is 9. The van der Waals surface area contributed by atoms with E-state index >= 15 is 0 Å². The van der Waals surface area contributed by atoms with Crippen LogP contribution < -0.4 is 4.74 Å². The van der Waals surface area contributed by atoms with Crippen molar-refractivity contribution in [3.05, 3.63) is 28.8 Å². The third kappa shape index (κ3) is 5.14. The van der Waals surface area contributed by atoms with Crippen LogP contribution in [0.25, 0.3) is 0 Å². The number of carbonyl (C=O) groups is 1. The predicted molar refractivity (Wildman–Crippen MR) is 83.3 cm³/mol. The van der Waals surface area contributed by atoms with E-state index in [1.54, 1.807) is 7.11 Å². The van der Waals surface area contributed by atoms with Crippen LogP contribution in [0.3, 0.4) is 0 Å². The molecule has 118 valence electrons. The fourth-order valence-electron chi connectivity index (χ4n) is 2.09. The highest BCUT2D eigenvalue weighted by atomic mass is 16.7. The Kier molecular flexibility index (Phi) is 7.40. The zero-order chi connectivity index (χ0) is 15.8. The molecular weight excluding hydrogens is 268 g/mol. The maximum atomic E-state index is 11.1. The molecule has 0 bridgehead atoms. The maximum absolute atomic E-state index is 11.1. The highest BCUT2D eigenvalue weighted by Crippen LogP contribution is 2.35. The lowest BCUT2D eigenvalue weighted by atomic mass is 9.92. The molecule has 21 heavy (non-hydrogen) atoms. The fraction of sp³-hybridized carbons (Fsp3) is 0.588. The SMILES string of the molecule is COCCOCOc1c(C(C)C)cc(C=O)cc1C(C)C. The summed E-state index contributed by atoms with van der Waals surface area (Å²) in [5.74, 6) is 1.38. The minimum atomic E-state index is 0.184. The lowest BCUT2D eigenvalue weighted by molar-refractivity contribution is -0.00944. The van der Waals surface area contributed by atoms with Crippen molar-refractivity contribution in [1.82, 2.24) is 0 Å². The first-order valence-corrected chi connectivity index (χ1v) is 7.33. The van der Waals surface area contributed by atoms with Crippen molar-refractivity contribution in [3.63, 3.8) is 0 Å². The van der Waals surface area contributed by atoms with Crippen molar-refractivity contribution in [3.8, 4) is 5.75 Å². The van der Waals surface area contributed by atoms with Gasteiger partial charge in [0.1, 0.15) is 12.0 Å². The van der Waals surface area contributed by atoms with Gasteiger partial charge in [-0.05, 0) is 35.1 Å². The normalized spacial score (nSPS) is 11.2. The standard InChI is InChI=1S/C17H26O4/c1-12(2)15-8-14(10-18)9-16(13(3)4)17(15)21-11-20-7-6-19-5/h8-10,12-13H,6-7,11H2,1-5H3. The minimum Gasteiger partial charge on any atom is -0.467 e. The molecule has 0 aliphatic heterocycles. The van der Waals surface area contributed by atoms with Gasteiger partial charge in [0.15, 0.2) is 6.79 Å². The molecule has 0 saturated carbocycles. The van der Waals surface area contributed by atoms with Crippen LogP contribution in [0.5, 0.6) is 5.75 Å². The van der Waals surface area contributed by atoms with E-state index in [0.717, 1.165) is 23.2 Å². The molecule has 1 aromatic rings. The summed E-state index contributed by atoms with van der Waals surface area (Å²) in [5, 5.41) is 0. The van der Waals surface area contributed by atoms with E-state index in [9.17, 15) is 4.79 Å². The maximum Gasteiger partial charge on any atom is 0.189 e. The molecule has 0 saturated heterocycles. The van der Waals surface area contributed by atoms with Crippen LogP contribution in [0.2, 0.25) is 0 Å². The van der Waals surface area contributed by atoms with E-state index in [-0.39, 0.29) is 18.6 Å². The molecule has 4 heteroatoms. The quantitative estimate of drug-likeness (QED) is 0.395. The first-order chi connectivity index (χ1) is 10.0. The molecule has 0 heterocycles. The van der Waals surface area contributed by atoms with Gasteiger partial charge in [-0.25, -0.2) is 0 Å². The Hall–Kier alpha value is -1.39. The van der Waals surface area contributed by atoms with E-state index in [2.05, 4.69) is 27.7 Å². The van der Waals surface area contributed by atoms with Crippen molar-refractivity contribution < 1.29 is 19.0 Å². The lowest BCUT2D eigenvalue weighted by Gasteiger charge is -2.20. The number of ether oxygens (including phenoxy) is 3. The Bertz CT molecular complexity index is 423. The van der Waals surface area contributed by atoms with Crippen molar-refractivity contribution in [1.29, 1.82) is 0 Å². The molecule has 0 aromatic heterocycles. The van der Waals surface area contributed by atoms with Gasteiger partial charge >= 0.3 is 0 Å². The Morgan fingerprint density at radius 2 is 1.62 bits per heavy atom. The van der Waals surface area contributed by atoms with Crippen LogP contribution in [0.1, 0.15) is 61.0 Å². The summed E-state index contributed by atoms with van der Waals surface area (Å²) in [6, 6.07) is 3.79. The average Bonchev–Trinajstić information content (AvgIpc) is 2.46. The molecule has 0 spiro atoms. The second kappa shape index (κ2) is 8.80. The number of carbonyl (C=O) groups excluding carboxylic acids is 1. The summed E-state index contributed by atoms with van der Waals surface area (Å²) in [6.07, 6.45) is 0.886. The molecule has 1 aromatic carbocycles. The van der Waals surface area contributed by atoms with Gasteiger partial charge in [-0.15, -0.1) is 0 Å². The van der Waals surface area contributed by atoms with Crippen molar-refractivity contribution in [2.45, 2.75) is 39.5 Å². The number of aldehydes is 1.